The molecule has 1 aromatic carbocycles. The van der Waals surface area contributed by atoms with Crippen molar-refractivity contribution in [1.29, 1.82) is 0 Å². The highest BCUT2D eigenvalue weighted by atomic mass is 16.5. The van der Waals surface area contributed by atoms with Gasteiger partial charge >= 0.3 is 0 Å². The summed E-state index contributed by atoms with van der Waals surface area (Å²) in [6.45, 7) is 5.02. The van der Waals surface area contributed by atoms with Crippen LogP contribution >= 0.6 is 0 Å². The zero-order valence-corrected chi connectivity index (χ0v) is 15.6. The summed E-state index contributed by atoms with van der Waals surface area (Å²) in [5.41, 5.74) is 4.99. The number of nitrogens with zero attached hydrogens (tertiary/aromatic N) is 2. The first kappa shape index (κ1) is 17.7. The first-order chi connectivity index (χ1) is 12.9. The minimum Gasteiger partial charge on any atom is -0.486 e. The third kappa shape index (κ3) is 3.11. The normalized spacial score (nSPS) is 21.3. The van der Waals surface area contributed by atoms with E-state index in [1.807, 2.05) is 26.0 Å². The minimum atomic E-state index is -0.540. The van der Waals surface area contributed by atoms with Crippen molar-refractivity contribution in [3.63, 3.8) is 0 Å². The number of aryl methyl sites for hydroxylation is 1. The number of ketones is 1. The van der Waals surface area contributed by atoms with Gasteiger partial charge in [-0.2, -0.15) is 5.10 Å². The lowest BCUT2D eigenvalue weighted by molar-refractivity contribution is -0.128. The standard InChI is InChI=1S/C20H23N3O4/c1-12-3-4-14-16(24)11-20(27-18(14)13(12)2)7-9-23(10-8-20)19(26)15-5-6-17(25)22-21-15/h3-4H,5-11H2,1-2H3,(H,22,25). The van der Waals surface area contributed by atoms with Crippen molar-refractivity contribution in [2.45, 2.75) is 51.6 Å². The van der Waals surface area contributed by atoms with Gasteiger partial charge in [0.15, 0.2) is 5.78 Å². The van der Waals surface area contributed by atoms with E-state index in [2.05, 4.69) is 10.5 Å². The molecule has 1 spiro atoms. The van der Waals surface area contributed by atoms with Crippen molar-refractivity contribution in [2.24, 2.45) is 5.10 Å². The van der Waals surface area contributed by atoms with Gasteiger partial charge in [0.2, 0.25) is 5.91 Å². The maximum Gasteiger partial charge on any atom is 0.270 e. The quantitative estimate of drug-likeness (QED) is 0.819. The number of carbonyl (C=O) groups is 3. The summed E-state index contributed by atoms with van der Waals surface area (Å²) in [5, 5.41) is 3.89. The van der Waals surface area contributed by atoms with E-state index in [1.54, 1.807) is 4.90 Å². The smallest absolute Gasteiger partial charge is 0.270 e. The lowest BCUT2D eigenvalue weighted by Gasteiger charge is -2.44. The number of hydrazone groups is 1. The van der Waals surface area contributed by atoms with Crippen molar-refractivity contribution in [3.05, 3.63) is 28.8 Å². The first-order valence-electron chi connectivity index (χ1n) is 9.36. The Morgan fingerprint density at radius 2 is 1.93 bits per heavy atom. The highest BCUT2D eigenvalue weighted by Gasteiger charge is 2.44. The van der Waals surface area contributed by atoms with Gasteiger partial charge in [0, 0.05) is 38.8 Å². The van der Waals surface area contributed by atoms with Gasteiger partial charge in [-0.1, -0.05) is 6.07 Å². The minimum absolute atomic E-state index is 0.110. The molecule has 0 saturated carbocycles. The second-order valence-corrected chi connectivity index (χ2v) is 7.65. The molecule has 0 radical (unpaired) electrons. The molecule has 7 nitrogen and oxygen atoms in total. The topological polar surface area (TPSA) is 88.1 Å². The van der Waals surface area contributed by atoms with Gasteiger partial charge < -0.3 is 9.64 Å². The number of benzene rings is 1. The molecule has 2 amide bonds. The Bertz CT molecular complexity index is 866. The number of Topliss-reactive ketones (excluding diaryl/α,β-unsaturated/α-hetero) is 1. The van der Waals surface area contributed by atoms with Crippen LogP contribution < -0.4 is 10.2 Å². The number of ether oxygens (including phenoxy) is 1. The molecule has 27 heavy (non-hydrogen) atoms. The van der Waals surface area contributed by atoms with Crippen LogP contribution in [-0.2, 0) is 9.59 Å². The van der Waals surface area contributed by atoms with Gasteiger partial charge in [0.1, 0.15) is 17.1 Å². The molecule has 3 aliphatic rings. The van der Waals surface area contributed by atoms with Crippen molar-refractivity contribution >= 4 is 23.3 Å². The first-order valence-corrected chi connectivity index (χ1v) is 9.36. The molecule has 1 saturated heterocycles. The number of piperidine rings is 1. The fourth-order valence-electron chi connectivity index (χ4n) is 3.99. The van der Waals surface area contributed by atoms with Crippen LogP contribution in [0.15, 0.2) is 17.2 Å². The van der Waals surface area contributed by atoms with E-state index >= 15 is 0 Å². The van der Waals surface area contributed by atoms with E-state index in [-0.39, 0.29) is 24.0 Å². The van der Waals surface area contributed by atoms with Gasteiger partial charge in [0.05, 0.1) is 12.0 Å². The molecule has 3 aliphatic heterocycles. The monoisotopic (exact) mass is 369 g/mol. The maximum absolute atomic E-state index is 12.7. The number of likely N-dealkylation sites (tertiary alicyclic amines) is 1. The van der Waals surface area contributed by atoms with E-state index in [1.165, 1.54) is 0 Å². The van der Waals surface area contributed by atoms with E-state index in [0.29, 0.717) is 55.8 Å². The fourth-order valence-corrected chi connectivity index (χ4v) is 3.99. The number of amides is 2. The number of hydrogen-bond donors (Lipinski definition) is 1. The summed E-state index contributed by atoms with van der Waals surface area (Å²) in [6.07, 6.45) is 2.22. The van der Waals surface area contributed by atoms with Crippen molar-refractivity contribution in [3.8, 4) is 5.75 Å². The lowest BCUT2D eigenvalue weighted by atomic mass is 9.81. The lowest BCUT2D eigenvalue weighted by Crippen LogP contribution is -2.53. The Labute approximate surface area is 157 Å². The van der Waals surface area contributed by atoms with E-state index in [4.69, 9.17) is 4.74 Å². The third-order valence-electron chi connectivity index (χ3n) is 5.89. The highest BCUT2D eigenvalue weighted by Crippen LogP contribution is 2.41. The zero-order chi connectivity index (χ0) is 19.2. The largest absolute Gasteiger partial charge is 0.486 e. The summed E-state index contributed by atoms with van der Waals surface area (Å²) in [5.74, 6) is 0.505. The molecule has 0 aromatic heterocycles. The number of nitrogens with one attached hydrogen (secondary N) is 1. The second kappa shape index (κ2) is 6.48. The highest BCUT2D eigenvalue weighted by molar-refractivity contribution is 6.39. The molecular weight excluding hydrogens is 346 g/mol. The van der Waals surface area contributed by atoms with Crippen LogP contribution in [0.25, 0.3) is 0 Å². The molecule has 7 heteroatoms. The van der Waals surface area contributed by atoms with Crippen LogP contribution in [0.4, 0.5) is 0 Å². The molecule has 0 bridgehead atoms. The number of fused-ring (bicyclic) bond motifs is 1. The predicted molar refractivity (Wildman–Crippen MR) is 98.8 cm³/mol. The van der Waals surface area contributed by atoms with Crippen LogP contribution in [0.2, 0.25) is 0 Å². The predicted octanol–water partition coefficient (Wildman–Crippen LogP) is 1.90. The van der Waals surface area contributed by atoms with Gasteiger partial charge in [0.25, 0.3) is 5.91 Å². The van der Waals surface area contributed by atoms with Crippen molar-refractivity contribution in [2.75, 3.05) is 13.1 Å². The maximum atomic E-state index is 12.7. The number of rotatable bonds is 1. The number of hydrogen-bond acceptors (Lipinski definition) is 5. The summed E-state index contributed by atoms with van der Waals surface area (Å²) in [4.78, 5) is 38.3. The van der Waals surface area contributed by atoms with Gasteiger partial charge in [-0.25, -0.2) is 5.43 Å². The van der Waals surface area contributed by atoms with Crippen LogP contribution in [0.3, 0.4) is 0 Å². The summed E-state index contributed by atoms with van der Waals surface area (Å²) < 4.78 is 6.38. The number of carbonyl (C=O) groups excluding carboxylic acids is 3. The molecule has 0 aliphatic carbocycles. The Hall–Kier alpha value is -2.70. The third-order valence-corrected chi connectivity index (χ3v) is 5.89. The molecular formula is C20H23N3O4. The average molecular weight is 369 g/mol. The Morgan fingerprint density at radius 1 is 1.19 bits per heavy atom. The molecule has 0 unspecified atom stereocenters. The molecule has 1 aromatic rings. The molecule has 1 N–H and O–H groups in total. The Morgan fingerprint density at radius 3 is 2.59 bits per heavy atom. The SMILES string of the molecule is Cc1ccc2c(c1C)OC1(CCN(C(=O)C3=NNC(=O)CC3)CC1)CC2=O. The van der Waals surface area contributed by atoms with Crippen molar-refractivity contribution < 1.29 is 19.1 Å². The average Bonchev–Trinajstić information content (AvgIpc) is 2.66. The van der Waals surface area contributed by atoms with Gasteiger partial charge in [-0.3, -0.25) is 14.4 Å². The summed E-state index contributed by atoms with van der Waals surface area (Å²) in [6, 6.07) is 3.80. The summed E-state index contributed by atoms with van der Waals surface area (Å²) in [7, 11) is 0. The van der Waals surface area contributed by atoms with Crippen LogP contribution in [0, 0.1) is 13.8 Å². The zero-order valence-electron chi connectivity index (χ0n) is 15.6. The van der Waals surface area contributed by atoms with E-state index < -0.39 is 5.60 Å². The van der Waals surface area contributed by atoms with Crippen molar-refractivity contribution in [1.82, 2.24) is 10.3 Å². The molecule has 4 rings (SSSR count). The second-order valence-electron chi connectivity index (χ2n) is 7.65. The Balaban J connectivity index is 1.49. The van der Waals surface area contributed by atoms with E-state index in [9.17, 15) is 14.4 Å². The van der Waals surface area contributed by atoms with Crippen LogP contribution in [-0.4, -0.2) is 46.9 Å². The molecule has 3 heterocycles. The summed E-state index contributed by atoms with van der Waals surface area (Å²) >= 11 is 0. The van der Waals surface area contributed by atoms with Gasteiger partial charge in [-0.15, -0.1) is 0 Å². The molecule has 1 fully saturated rings. The van der Waals surface area contributed by atoms with Crippen LogP contribution in [0.5, 0.6) is 5.75 Å². The fraction of sp³-hybridized carbons (Fsp3) is 0.500. The van der Waals surface area contributed by atoms with E-state index in [0.717, 1.165) is 11.1 Å². The molecule has 142 valence electrons. The van der Waals surface area contributed by atoms with Gasteiger partial charge in [-0.05, 0) is 31.0 Å². The molecule has 0 atom stereocenters. The van der Waals surface area contributed by atoms with Crippen LogP contribution in [0.1, 0.15) is 53.6 Å². The Kier molecular flexibility index (Phi) is 4.25.